The smallest absolute Gasteiger partial charge is 0.0685 e. The predicted octanol–water partition coefficient (Wildman–Crippen LogP) is 4.14. The molecule has 1 heterocycles. The molecule has 1 N–H and O–H groups in total. The fourth-order valence-electron chi connectivity index (χ4n) is 4.12. The van der Waals surface area contributed by atoms with Crippen LogP contribution in [0.5, 0.6) is 0 Å². The van der Waals surface area contributed by atoms with Crippen LogP contribution >= 0.6 is 0 Å². The van der Waals surface area contributed by atoms with Crippen LogP contribution in [0.4, 0.5) is 0 Å². The zero-order chi connectivity index (χ0) is 13.9. The lowest BCUT2D eigenvalue weighted by atomic mass is 9.72. The Morgan fingerprint density at radius 1 is 1.21 bits per heavy atom. The molecule has 2 heteroatoms. The first-order valence-electron chi connectivity index (χ1n) is 8.25. The van der Waals surface area contributed by atoms with E-state index in [0.717, 1.165) is 12.5 Å². The van der Waals surface area contributed by atoms with Crippen LogP contribution in [-0.2, 0) is 4.74 Å². The molecule has 2 unspecified atom stereocenters. The van der Waals surface area contributed by atoms with Crippen LogP contribution in [0.25, 0.3) is 0 Å². The molecule has 2 nitrogen and oxygen atoms in total. The molecule has 2 rings (SSSR count). The van der Waals surface area contributed by atoms with E-state index in [4.69, 9.17) is 4.74 Å². The average Bonchev–Trinajstić information content (AvgIpc) is 2.36. The molecule has 19 heavy (non-hydrogen) atoms. The Balaban J connectivity index is 1.98. The van der Waals surface area contributed by atoms with E-state index in [1.54, 1.807) is 0 Å². The molecule has 0 bridgehead atoms. The normalized spacial score (nSPS) is 29.4. The highest BCUT2D eigenvalue weighted by Gasteiger charge is 2.41. The summed E-state index contributed by atoms with van der Waals surface area (Å²) >= 11 is 0. The molecule has 0 amide bonds. The first kappa shape index (κ1) is 15.3. The van der Waals surface area contributed by atoms with Gasteiger partial charge in [-0.25, -0.2) is 0 Å². The summed E-state index contributed by atoms with van der Waals surface area (Å²) in [4.78, 5) is 0. The van der Waals surface area contributed by atoms with E-state index in [-0.39, 0.29) is 5.60 Å². The molecular formula is C17H33NO. The van der Waals surface area contributed by atoms with Crippen molar-refractivity contribution in [3.63, 3.8) is 0 Å². The molecule has 0 aromatic heterocycles. The maximum absolute atomic E-state index is 6.23. The second-order valence-electron chi connectivity index (χ2n) is 8.00. The van der Waals surface area contributed by atoms with Crippen molar-refractivity contribution in [2.45, 2.75) is 83.8 Å². The third kappa shape index (κ3) is 4.19. The van der Waals surface area contributed by atoms with E-state index in [0.29, 0.717) is 11.5 Å². The van der Waals surface area contributed by atoms with Crippen molar-refractivity contribution in [2.75, 3.05) is 13.7 Å². The largest absolute Gasteiger partial charge is 0.375 e. The molecule has 2 aliphatic rings. The van der Waals surface area contributed by atoms with Gasteiger partial charge in [-0.1, -0.05) is 40.0 Å². The first-order chi connectivity index (χ1) is 8.94. The van der Waals surface area contributed by atoms with Crippen molar-refractivity contribution in [1.82, 2.24) is 5.32 Å². The molecule has 0 radical (unpaired) electrons. The third-order valence-electron chi connectivity index (χ3n) is 5.07. The van der Waals surface area contributed by atoms with E-state index in [1.807, 2.05) is 0 Å². The van der Waals surface area contributed by atoms with Crippen LogP contribution in [0, 0.1) is 11.3 Å². The molecule has 2 atom stereocenters. The van der Waals surface area contributed by atoms with E-state index in [9.17, 15) is 0 Å². The monoisotopic (exact) mass is 267 g/mol. The van der Waals surface area contributed by atoms with Gasteiger partial charge in [0, 0.05) is 12.6 Å². The quantitative estimate of drug-likeness (QED) is 0.830. The summed E-state index contributed by atoms with van der Waals surface area (Å²) in [6.07, 6.45) is 10.5. The SMILES string of the molecule is CNC(CC(C)(C)C)C1CCOC2(CCCCC2)C1. The van der Waals surface area contributed by atoms with Crippen LogP contribution in [0.3, 0.4) is 0 Å². The topological polar surface area (TPSA) is 21.3 Å². The fourth-order valence-corrected chi connectivity index (χ4v) is 4.12. The number of nitrogens with one attached hydrogen (secondary N) is 1. The minimum absolute atomic E-state index is 0.244. The van der Waals surface area contributed by atoms with Crippen LogP contribution < -0.4 is 5.32 Å². The standard InChI is InChI=1S/C17H33NO/c1-16(2,3)13-15(18-4)14-8-11-19-17(12-14)9-6-5-7-10-17/h14-15,18H,5-13H2,1-4H3. The molecular weight excluding hydrogens is 234 g/mol. The lowest BCUT2D eigenvalue weighted by Gasteiger charge is -2.46. The van der Waals surface area contributed by atoms with Gasteiger partial charge >= 0.3 is 0 Å². The lowest BCUT2D eigenvalue weighted by molar-refractivity contribution is -0.122. The maximum atomic E-state index is 6.23. The Hall–Kier alpha value is -0.0800. The molecule has 1 spiro atoms. The Morgan fingerprint density at radius 3 is 2.47 bits per heavy atom. The summed E-state index contributed by atoms with van der Waals surface area (Å²) in [7, 11) is 2.14. The van der Waals surface area contributed by atoms with E-state index >= 15 is 0 Å². The molecule has 1 saturated carbocycles. The summed E-state index contributed by atoms with van der Waals surface area (Å²) in [5.74, 6) is 0.802. The summed E-state index contributed by atoms with van der Waals surface area (Å²) in [6, 6.07) is 0.655. The highest BCUT2D eigenvalue weighted by Crippen LogP contribution is 2.42. The van der Waals surface area contributed by atoms with Gasteiger partial charge in [-0.05, 0) is 50.5 Å². The molecule has 0 aromatic carbocycles. The van der Waals surface area contributed by atoms with Gasteiger partial charge in [0.05, 0.1) is 5.60 Å². The van der Waals surface area contributed by atoms with Gasteiger partial charge in [0.15, 0.2) is 0 Å². The van der Waals surface area contributed by atoms with Crippen LogP contribution in [0.1, 0.15) is 72.1 Å². The molecule has 0 aromatic rings. The van der Waals surface area contributed by atoms with Gasteiger partial charge in [-0.15, -0.1) is 0 Å². The summed E-state index contributed by atoms with van der Waals surface area (Å²) in [5, 5.41) is 3.59. The van der Waals surface area contributed by atoms with Gasteiger partial charge in [-0.3, -0.25) is 0 Å². The van der Waals surface area contributed by atoms with Crippen LogP contribution in [0.15, 0.2) is 0 Å². The molecule has 1 aliphatic heterocycles. The molecule has 2 fully saturated rings. The Labute approximate surface area is 119 Å². The average molecular weight is 267 g/mol. The Bertz CT molecular complexity index is 270. The lowest BCUT2D eigenvalue weighted by Crippen LogP contribution is -2.48. The number of hydrogen-bond acceptors (Lipinski definition) is 2. The van der Waals surface area contributed by atoms with Crippen molar-refractivity contribution in [3.05, 3.63) is 0 Å². The van der Waals surface area contributed by atoms with Gasteiger partial charge in [0.25, 0.3) is 0 Å². The zero-order valence-electron chi connectivity index (χ0n) is 13.4. The van der Waals surface area contributed by atoms with Crippen LogP contribution in [-0.4, -0.2) is 25.3 Å². The van der Waals surface area contributed by atoms with E-state index < -0.39 is 0 Å². The Kier molecular flexibility index (Phi) is 4.94. The van der Waals surface area contributed by atoms with Crippen LogP contribution in [0.2, 0.25) is 0 Å². The fraction of sp³-hybridized carbons (Fsp3) is 1.00. The Morgan fingerprint density at radius 2 is 1.89 bits per heavy atom. The van der Waals surface area contributed by atoms with Gasteiger partial charge in [0.1, 0.15) is 0 Å². The number of hydrogen-bond donors (Lipinski definition) is 1. The molecule has 112 valence electrons. The van der Waals surface area contributed by atoms with Gasteiger partial charge < -0.3 is 10.1 Å². The zero-order valence-corrected chi connectivity index (χ0v) is 13.4. The van der Waals surface area contributed by atoms with Crippen molar-refractivity contribution >= 4 is 0 Å². The van der Waals surface area contributed by atoms with Crippen molar-refractivity contribution in [1.29, 1.82) is 0 Å². The highest BCUT2D eigenvalue weighted by atomic mass is 16.5. The van der Waals surface area contributed by atoms with Crippen molar-refractivity contribution in [2.24, 2.45) is 11.3 Å². The second kappa shape index (κ2) is 6.13. The minimum Gasteiger partial charge on any atom is -0.375 e. The second-order valence-corrected chi connectivity index (χ2v) is 8.00. The maximum Gasteiger partial charge on any atom is 0.0685 e. The number of rotatable bonds is 3. The first-order valence-corrected chi connectivity index (χ1v) is 8.25. The highest BCUT2D eigenvalue weighted by molar-refractivity contribution is 4.93. The molecule has 1 saturated heterocycles. The number of ether oxygens (including phenoxy) is 1. The minimum atomic E-state index is 0.244. The third-order valence-corrected chi connectivity index (χ3v) is 5.07. The van der Waals surface area contributed by atoms with E-state index in [1.165, 1.54) is 51.4 Å². The summed E-state index contributed by atoms with van der Waals surface area (Å²) in [5.41, 5.74) is 0.653. The predicted molar refractivity (Wildman–Crippen MR) is 81.4 cm³/mol. The van der Waals surface area contributed by atoms with Crippen molar-refractivity contribution in [3.8, 4) is 0 Å². The van der Waals surface area contributed by atoms with Crippen molar-refractivity contribution < 1.29 is 4.74 Å². The summed E-state index contributed by atoms with van der Waals surface area (Å²) < 4.78 is 6.23. The van der Waals surface area contributed by atoms with E-state index in [2.05, 4.69) is 33.1 Å². The molecule has 1 aliphatic carbocycles. The summed E-state index contributed by atoms with van der Waals surface area (Å²) in [6.45, 7) is 8.04. The van der Waals surface area contributed by atoms with Gasteiger partial charge in [0.2, 0.25) is 0 Å². The van der Waals surface area contributed by atoms with Gasteiger partial charge in [-0.2, -0.15) is 0 Å².